The van der Waals surface area contributed by atoms with Crippen LogP contribution >= 0.6 is 0 Å². The number of hydrogen-bond donors (Lipinski definition) is 1. The van der Waals surface area contributed by atoms with Crippen molar-refractivity contribution in [3.8, 4) is 17.5 Å². The van der Waals surface area contributed by atoms with E-state index in [9.17, 15) is 4.79 Å². The maximum atomic E-state index is 11.6. The van der Waals surface area contributed by atoms with Gasteiger partial charge in [-0.05, 0) is 23.8 Å². The van der Waals surface area contributed by atoms with Crippen LogP contribution in [0, 0.1) is 11.3 Å². The summed E-state index contributed by atoms with van der Waals surface area (Å²) in [4.78, 5) is 20.0. The third-order valence-electron chi connectivity index (χ3n) is 3.26. The molecule has 0 aliphatic heterocycles. The number of nitrogens with one attached hydrogen (secondary N) is 1. The molecule has 7 heteroatoms. The summed E-state index contributed by atoms with van der Waals surface area (Å²) in [6.07, 6.45) is 3.51. The lowest BCUT2D eigenvalue weighted by Gasteiger charge is -2.08. The molecular formula is C17H13N5O2. The summed E-state index contributed by atoms with van der Waals surface area (Å²) in [5.74, 6) is 0.534. The lowest BCUT2D eigenvalue weighted by Crippen LogP contribution is -2.12. The van der Waals surface area contributed by atoms with Crippen LogP contribution in [-0.2, 0) is 11.2 Å². The Kier molecular flexibility index (Phi) is 4.58. The molecule has 0 aliphatic carbocycles. The van der Waals surface area contributed by atoms with E-state index in [0.29, 0.717) is 23.8 Å². The minimum Gasteiger partial charge on any atom is -0.339 e. The number of benzene rings is 1. The highest BCUT2D eigenvalue weighted by Crippen LogP contribution is 2.20. The number of amides is 1. The Morgan fingerprint density at radius 1 is 1.25 bits per heavy atom. The maximum absolute atomic E-state index is 11.6. The van der Waals surface area contributed by atoms with Gasteiger partial charge >= 0.3 is 0 Å². The van der Waals surface area contributed by atoms with Gasteiger partial charge in [-0.25, -0.2) is 0 Å². The highest BCUT2D eigenvalue weighted by atomic mass is 16.5. The van der Waals surface area contributed by atoms with Crippen LogP contribution in [0.2, 0.25) is 0 Å². The maximum Gasteiger partial charge on any atom is 0.238 e. The second-order valence-corrected chi connectivity index (χ2v) is 4.97. The Bertz CT molecular complexity index is 883. The molecule has 1 N–H and O–H groups in total. The van der Waals surface area contributed by atoms with Crippen molar-refractivity contribution >= 4 is 11.6 Å². The molecule has 0 atom stereocenters. The first-order chi connectivity index (χ1) is 11.8. The van der Waals surface area contributed by atoms with Crippen LogP contribution in [-0.4, -0.2) is 21.0 Å². The van der Waals surface area contributed by atoms with Gasteiger partial charge in [0.1, 0.15) is 6.42 Å². The molecule has 24 heavy (non-hydrogen) atoms. The van der Waals surface area contributed by atoms with Gasteiger partial charge in [0.15, 0.2) is 0 Å². The summed E-state index contributed by atoms with van der Waals surface area (Å²) >= 11 is 0. The lowest BCUT2D eigenvalue weighted by atomic mass is 10.1. The lowest BCUT2D eigenvalue weighted by molar-refractivity contribution is -0.115. The van der Waals surface area contributed by atoms with Gasteiger partial charge in [0.25, 0.3) is 0 Å². The number of rotatable bonds is 5. The van der Waals surface area contributed by atoms with E-state index in [0.717, 1.165) is 11.1 Å². The summed E-state index contributed by atoms with van der Waals surface area (Å²) in [7, 11) is 0. The predicted octanol–water partition coefficient (Wildman–Crippen LogP) is 2.57. The Hall–Kier alpha value is -3.53. The van der Waals surface area contributed by atoms with Gasteiger partial charge in [-0.15, -0.1) is 0 Å². The highest BCUT2D eigenvalue weighted by molar-refractivity contribution is 5.92. The third kappa shape index (κ3) is 3.62. The van der Waals surface area contributed by atoms with Gasteiger partial charge in [-0.1, -0.05) is 23.4 Å². The number of hydrogen-bond acceptors (Lipinski definition) is 6. The van der Waals surface area contributed by atoms with Crippen molar-refractivity contribution in [2.75, 3.05) is 5.32 Å². The van der Waals surface area contributed by atoms with Crippen LogP contribution in [0.15, 0.2) is 53.3 Å². The van der Waals surface area contributed by atoms with Gasteiger partial charge in [-0.2, -0.15) is 10.2 Å². The molecule has 0 aliphatic rings. The summed E-state index contributed by atoms with van der Waals surface area (Å²) in [5, 5.41) is 15.2. The Morgan fingerprint density at radius 2 is 2.12 bits per heavy atom. The first-order valence-electron chi connectivity index (χ1n) is 7.24. The monoisotopic (exact) mass is 319 g/mol. The van der Waals surface area contributed by atoms with E-state index in [1.807, 2.05) is 24.3 Å². The van der Waals surface area contributed by atoms with Crippen molar-refractivity contribution < 1.29 is 9.32 Å². The number of para-hydroxylation sites is 1. The molecule has 2 heterocycles. The van der Waals surface area contributed by atoms with Gasteiger partial charge in [0, 0.05) is 23.6 Å². The van der Waals surface area contributed by atoms with E-state index >= 15 is 0 Å². The average molecular weight is 319 g/mol. The normalized spacial score (nSPS) is 10.1. The zero-order chi connectivity index (χ0) is 16.8. The molecule has 7 nitrogen and oxygen atoms in total. The van der Waals surface area contributed by atoms with E-state index in [4.69, 9.17) is 9.78 Å². The largest absolute Gasteiger partial charge is 0.339 e. The quantitative estimate of drug-likeness (QED) is 0.775. The van der Waals surface area contributed by atoms with Gasteiger partial charge in [0.05, 0.1) is 12.5 Å². The predicted molar refractivity (Wildman–Crippen MR) is 85.6 cm³/mol. The summed E-state index contributed by atoms with van der Waals surface area (Å²) < 4.78 is 5.28. The standard InChI is InChI=1S/C17H13N5O2/c18-8-7-15(23)20-14-6-2-1-4-12(14)10-16-21-17(22-24-16)13-5-3-9-19-11-13/h1-6,9,11H,7,10H2,(H,20,23). The first kappa shape index (κ1) is 15.4. The molecule has 3 rings (SSSR count). The molecule has 0 saturated carbocycles. The molecule has 0 fully saturated rings. The SMILES string of the molecule is N#CCC(=O)Nc1ccccc1Cc1nc(-c2cccnc2)no1. The molecule has 1 amide bonds. The molecule has 0 unspecified atom stereocenters. The topological polar surface area (TPSA) is 105 Å². The number of carbonyl (C=O) groups excluding carboxylic acids is 1. The fraction of sp³-hybridized carbons (Fsp3) is 0.118. The Labute approximate surface area is 138 Å². The average Bonchev–Trinajstić information content (AvgIpc) is 3.06. The van der Waals surface area contributed by atoms with E-state index in [1.165, 1.54) is 0 Å². The third-order valence-corrected chi connectivity index (χ3v) is 3.26. The van der Waals surface area contributed by atoms with E-state index < -0.39 is 0 Å². The number of nitriles is 1. The Balaban J connectivity index is 1.79. The van der Waals surface area contributed by atoms with Crippen LogP contribution in [0.1, 0.15) is 17.9 Å². The van der Waals surface area contributed by atoms with Crippen molar-refractivity contribution in [2.45, 2.75) is 12.8 Å². The van der Waals surface area contributed by atoms with Crippen molar-refractivity contribution in [1.82, 2.24) is 15.1 Å². The van der Waals surface area contributed by atoms with Crippen molar-refractivity contribution in [3.05, 3.63) is 60.2 Å². The summed E-state index contributed by atoms with van der Waals surface area (Å²) in [6.45, 7) is 0. The molecule has 2 aromatic heterocycles. The molecule has 0 bridgehead atoms. The van der Waals surface area contributed by atoms with Crippen LogP contribution in [0.25, 0.3) is 11.4 Å². The second kappa shape index (κ2) is 7.15. The van der Waals surface area contributed by atoms with Crippen LogP contribution < -0.4 is 5.32 Å². The van der Waals surface area contributed by atoms with Crippen LogP contribution in [0.4, 0.5) is 5.69 Å². The summed E-state index contributed by atoms with van der Waals surface area (Å²) in [6, 6.07) is 12.7. The van der Waals surface area contributed by atoms with E-state index in [1.54, 1.807) is 30.6 Å². The molecule has 0 saturated heterocycles. The fourth-order valence-corrected chi connectivity index (χ4v) is 2.16. The van der Waals surface area contributed by atoms with Crippen LogP contribution in [0.3, 0.4) is 0 Å². The minimum atomic E-state index is -0.355. The minimum absolute atomic E-state index is 0.194. The number of nitrogens with zero attached hydrogens (tertiary/aromatic N) is 4. The fourth-order valence-electron chi connectivity index (χ4n) is 2.16. The van der Waals surface area contributed by atoms with Crippen LogP contribution in [0.5, 0.6) is 0 Å². The second-order valence-electron chi connectivity index (χ2n) is 4.97. The van der Waals surface area contributed by atoms with E-state index in [-0.39, 0.29) is 12.3 Å². The molecule has 0 radical (unpaired) electrons. The number of pyridine rings is 1. The number of anilines is 1. The smallest absolute Gasteiger partial charge is 0.238 e. The van der Waals surface area contributed by atoms with Gasteiger partial charge in [0.2, 0.25) is 17.6 Å². The number of carbonyl (C=O) groups is 1. The molecule has 0 spiro atoms. The van der Waals surface area contributed by atoms with Crippen molar-refractivity contribution in [2.24, 2.45) is 0 Å². The van der Waals surface area contributed by atoms with Gasteiger partial charge in [-0.3, -0.25) is 9.78 Å². The number of aromatic nitrogens is 3. The highest BCUT2D eigenvalue weighted by Gasteiger charge is 2.12. The molecular weight excluding hydrogens is 306 g/mol. The first-order valence-corrected chi connectivity index (χ1v) is 7.24. The zero-order valence-electron chi connectivity index (χ0n) is 12.6. The zero-order valence-corrected chi connectivity index (χ0v) is 12.6. The van der Waals surface area contributed by atoms with E-state index in [2.05, 4.69) is 20.4 Å². The molecule has 3 aromatic rings. The van der Waals surface area contributed by atoms with Gasteiger partial charge < -0.3 is 9.84 Å². The van der Waals surface area contributed by atoms with Crippen molar-refractivity contribution in [3.63, 3.8) is 0 Å². The Morgan fingerprint density at radius 3 is 2.92 bits per heavy atom. The molecule has 118 valence electrons. The summed E-state index contributed by atoms with van der Waals surface area (Å²) in [5.41, 5.74) is 2.21. The van der Waals surface area contributed by atoms with Crippen molar-refractivity contribution in [1.29, 1.82) is 5.26 Å². The molecule has 1 aromatic carbocycles.